The Hall–Kier alpha value is 1.32. The van der Waals surface area contributed by atoms with Crippen LogP contribution in [0.5, 0.6) is 0 Å². The molecule has 0 heterocycles. The lowest BCUT2D eigenvalue weighted by atomic mass is 10.1. The quantitative estimate of drug-likeness (QED) is 0.282. The van der Waals surface area contributed by atoms with Gasteiger partial charge in [0.05, 0.1) is 0 Å². The molecule has 0 nitrogen and oxygen atoms in total. The molecule has 94 valence electrons. The second-order valence-electron chi connectivity index (χ2n) is 3.49. The van der Waals surface area contributed by atoms with E-state index >= 15 is 0 Å². The molecule has 0 spiro atoms. The number of halogens is 6. The number of hydrogen-bond donors (Lipinski definition) is 0. The highest BCUT2D eigenvalue weighted by Gasteiger charge is 2.14. The highest BCUT2D eigenvalue weighted by Crippen LogP contribution is 2.44. The lowest BCUT2D eigenvalue weighted by molar-refractivity contribution is 1.47. The Labute approximate surface area is 156 Å². The minimum absolute atomic E-state index is 1.01. The van der Waals surface area contributed by atoms with Crippen molar-refractivity contribution in [3.05, 3.63) is 51.1 Å². The minimum Gasteiger partial charge on any atom is -0.0508 e. The molecule has 0 aliphatic rings. The molecule has 18 heavy (non-hydrogen) atoms. The van der Waals surface area contributed by atoms with Crippen molar-refractivity contribution in [1.29, 1.82) is 0 Å². The molecule has 0 amide bonds. The number of rotatable bonds is 1. The van der Waals surface area contributed by atoms with Gasteiger partial charge in [-0.05, 0) is 56.1 Å². The molecule has 0 aliphatic carbocycles. The third-order valence-electron chi connectivity index (χ3n) is 2.27. The average Bonchev–Trinajstić information content (AvgIpc) is 2.23. The molecular weight excluding hydrogens is 624 g/mol. The second kappa shape index (κ2) is 6.39. The van der Waals surface area contributed by atoms with Gasteiger partial charge < -0.3 is 0 Å². The Morgan fingerprint density at radius 3 is 1.56 bits per heavy atom. The molecule has 0 unspecified atom stereocenters. The van der Waals surface area contributed by atoms with Crippen LogP contribution in [0.3, 0.4) is 0 Å². The molecule has 2 aromatic rings. The van der Waals surface area contributed by atoms with E-state index in [1.54, 1.807) is 0 Å². The molecule has 0 aliphatic heterocycles. The summed E-state index contributed by atoms with van der Waals surface area (Å²) in [6.45, 7) is 0. The Kier molecular flexibility index (Phi) is 5.58. The highest BCUT2D eigenvalue weighted by molar-refractivity contribution is 9.13. The van der Waals surface area contributed by atoms with Gasteiger partial charge in [0.2, 0.25) is 0 Å². The van der Waals surface area contributed by atoms with Crippen LogP contribution >= 0.6 is 95.6 Å². The molecule has 2 aromatic carbocycles. The first kappa shape index (κ1) is 15.7. The van der Waals surface area contributed by atoms with Crippen LogP contribution in [0.1, 0.15) is 0 Å². The largest absolute Gasteiger partial charge is 0.0508 e. The molecule has 0 aromatic heterocycles. The van der Waals surface area contributed by atoms with Crippen molar-refractivity contribution in [2.75, 3.05) is 0 Å². The van der Waals surface area contributed by atoms with E-state index in [9.17, 15) is 0 Å². The first-order valence-corrected chi connectivity index (χ1v) is 9.45. The van der Waals surface area contributed by atoms with E-state index in [1.165, 1.54) is 0 Å². The molecule has 0 saturated heterocycles. The fourth-order valence-corrected chi connectivity index (χ4v) is 5.88. The van der Waals surface area contributed by atoms with Gasteiger partial charge in [-0.25, -0.2) is 0 Å². The number of benzene rings is 2. The summed E-state index contributed by atoms with van der Waals surface area (Å²) < 4.78 is 6.12. The van der Waals surface area contributed by atoms with Crippen molar-refractivity contribution in [2.45, 2.75) is 0 Å². The van der Waals surface area contributed by atoms with Crippen LogP contribution in [0.4, 0.5) is 0 Å². The maximum Gasteiger partial charge on any atom is 0.0397 e. The zero-order valence-corrected chi connectivity index (χ0v) is 18.1. The standard InChI is InChI=1S/C12H4Br6/c13-5-1-7(12(18)10(17)4-5)11-8(15)2-6(14)3-9(11)16/h1-4H. The molecule has 0 N–H and O–H groups in total. The Morgan fingerprint density at radius 1 is 0.556 bits per heavy atom. The van der Waals surface area contributed by atoms with Gasteiger partial charge in [-0.1, -0.05) is 63.7 Å². The van der Waals surface area contributed by atoms with Gasteiger partial charge in [-0.15, -0.1) is 0 Å². The van der Waals surface area contributed by atoms with Crippen LogP contribution in [-0.2, 0) is 0 Å². The molecule has 0 radical (unpaired) electrons. The SMILES string of the molecule is Brc1cc(Br)c(-c2cc(Br)cc(Br)c2Br)c(Br)c1. The van der Waals surface area contributed by atoms with Gasteiger partial charge in [0.15, 0.2) is 0 Å². The average molecular weight is 628 g/mol. The maximum absolute atomic E-state index is 3.62. The molecule has 0 atom stereocenters. The van der Waals surface area contributed by atoms with Crippen molar-refractivity contribution in [3.8, 4) is 11.1 Å². The van der Waals surface area contributed by atoms with Crippen LogP contribution in [0.25, 0.3) is 11.1 Å². The highest BCUT2D eigenvalue weighted by atomic mass is 79.9. The van der Waals surface area contributed by atoms with Crippen LogP contribution in [0.15, 0.2) is 51.1 Å². The topological polar surface area (TPSA) is 0 Å². The fraction of sp³-hybridized carbons (Fsp3) is 0. The van der Waals surface area contributed by atoms with E-state index in [-0.39, 0.29) is 0 Å². The van der Waals surface area contributed by atoms with Crippen LogP contribution in [-0.4, -0.2) is 0 Å². The molecule has 0 bridgehead atoms. The van der Waals surface area contributed by atoms with Gasteiger partial charge >= 0.3 is 0 Å². The van der Waals surface area contributed by atoms with E-state index < -0.39 is 0 Å². The number of hydrogen-bond acceptors (Lipinski definition) is 0. The normalized spacial score (nSPS) is 10.8. The summed E-state index contributed by atoms with van der Waals surface area (Å²) in [6, 6.07) is 8.14. The Morgan fingerprint density at radius 2 is 1.00 bits per heavy atom. The molecular formula is C12H4Br6. The summed E-state index contributed by atoms with van der Waals surface area (Å²) in [6.07, 6.45) is 0. The fourth-order valence-electron chi connectivity index (χ4n) is 1.54. The van der Waals surface area contributed by atoms with Gasteiger partial charge in [0.1, 0.15) is 0 Å². The lowest BCUT2D eigenvalue weighted by Crippen LogP contribution is -1.86. The zero-order valence-electron chi connectivity index (χ0n) is 8.58. The van der Waals surface area contributed by atoms with Crippen molar-refractivity contribution >= 4 is 95.6 Å². The molecule has 0 saturated carbocycles. The summed E-state index contributed by atoms with van der Waals surface area (Å²) in [5.41, 5.74) is 2.20. The van der Waals surface area contributed by atoms with Crippen LogP contribution in [0, 0.1) is 0 Å². The predicted octanol–water partition coefficient (Wildman–Crippen LogP) is 7.93. The van der Waals surface area contributed by atoms with E-state index in [1.807, 2.05) is 18.2 Å². The van der Waals surface area contributed by atoms with Gasteiger partial charge in [-0.2, -0.15) is 0 Å². The van der Waals surface area contributed by atoms with Crippen LogP contribution < -0.4 is 0 Å². The van der Waals surface area contributed by atoms with Crippen LogP contribution in [0.2, 0.25) is 0 Å². The molecule has 0 fully saturated rings. The van der Waals surface area contributed by atoms with Crippen molar-refractivity contribution < 1.29 is 0 Å². The van der Waals surface area contributed by atoms with E-state index in [2.05, 4.69) is 102 Å². The third-order valence-corrected chi connectivity index (χ3v) is 6.45. The minimum atomic E-state index is 1.01. The summed E-state index contributed by atoms with van der Waals surface area (Å²) in [5.74, 6) is 0. The summed E-state index contributed by atoms with van der Waals surface area (Å²) in [4.78, 5) is 0. The summed E-state index contributed by atoms with van der Waals surface area (Å²) in [7, 11) is 0. The van der Waals surface area contributed by atoms with Gasteiger partial charge in [0, 0.05) is 38.0 Å². The first-order valence-electron chi connectivity index (χ1n) is 4.69. The summed E-state index contributed by atoms with van der Waals surface area (Å²) >= 11 is 21.4. The van der Waals surface area contributed by atoms with Crippen molar-refractivity contribution in [3.63, 3.8) is 0 Å². The third kappa shape index (κ3) is 3.31. The first-order chi connectivity index (χ1) is 8.40. The van der Waals surface area contributed by atoms with Crippen molar-refractivity contribution in [1.82, 2.24) is 0 Å². The maximum atomic E-state index is 3.62. The monoisotopic (exact) mass is 622 g/mol. The molecule has 2 rings (SSSR count). The predicted molar refractivity (Wildman–Crippen MR) is 98.1 cm³/mol. The lowest BCUT2D eigenvalue weighted by Gasteiger charge is -2.12. The molecule has 6 heteroatoms. The second-order valence-corrected chi connectivity index (χ2v) is 8.68. The van der Waals surface area contributed by atoms with E-state index in [0.29, 0.717) is 0 Å². The Balaban J connectivity index is 2.77. The van der Waals surface area contributed by atoms with E-state index in [0.717, 1.165) is 38.0 Å². The zero-order chi connectivity index (χ0) is 13.4. The van der Waals surface area contributed by atoms with Gasteiger partial charge in [-0.3, -0.25) is 0 Å². The smallest absolute Gasteiger partial charge is 0.0397 e. The Bertz CT molecular complexity index is 597. The van der Waals surface area contributed by atoms with E-state index in [4.69, 9.17) is 0 Å². The summed E-state index contributed by atoms with van der Waals surface area (Å²) in [5, 5.41) is 0. The van der Waals surface area contributed by atoms with Crippen molar-refractivity contribution in [2.24, 2.45) is 0 Å². The van der Waals surface area contributed by atoms with Gasteiger partial charge in [0.25, 0.3) is 0 Å².